The van der Waals surface area contributed by atoms with Gasteiger partial charge in [0.1, 0.15) is 23.2 Å². The molecule has 114 valence electrons. The van der Waals surface area contributed by atoms with Gasteiger partial charge in [0.05, 0.1) is 12.4 Å². The minimum atomic E-state index is -1.82. The predicted octanol–water partition coefficient (Wildman–Crippen LogP) is 4.05. The molecule has 1 N–H and O–H groups in total. The van der Waals surface area contributed by atoms with E-state index < -0.39 is 7.26 Å². The third kappa shape index (κ3) is 3.06. The molecule has 3 rings (SSSR count). The van der Waals surface area contributed by atoms with E-state index in [4.69, 9.17) is 0 Å². The molecule has 0 saturated heterocycles. The van der Waals surface area contributed by atoms with E-state index in [0.717, 1.165) is 6.16 Å². The maximum absolute atomic E-state index is 9.31. The highest BCUT2D eigenvalue weighted by atomic mass is 31.2. The minimum Gasteiger partial charge on any atom is -0.516 e. The van der Waals surface area contributed by atoms with Gasteiger partial charge in [-0.15, -0.1) is 0 Å². The topological polar surface area (TPSA) is 20.2 Å². The summed E-state index contributed by atoms with van der Waals surface area (Å²) in [5.74, 6) is 0. The number of aliphatic hydroxyl groups is 1. The highest BCUT2D eigenvalue weighted by Gasteiger charge is 2.44. The van der Waals surface area contributed by atoms with E-state index in [1.165, 1.54) is 22.2 Å². The number of hydrogen-bond donors (Lipinski definition) is 1. The van der Waals surface area contributed by atoms with Crippen molar-refractivity contribution in [3.8, 4) is 0 Å². The van der Waals surface area contributed by atoms with Crippen molar-refractivity contribution < 1.29 is 5.11 Å². The Bertz CT molecular complexity index is 655. The summed E-state index contributed by atoms with van der Waals surface area (Å²) in [5.41, 5.74) is 0. The second-order valence-corrected chi connectivity index (χ2v) is 8.92. The van der Waals surface area contributed by atoms with Gasteiger partial charge < -0.3 is 5.11 Å². The lowest BCUT2D eigenvalue weighted by Crippen LogP contribution is -2.32. The molecule has 0 saturated carbocycles. The Kier molecular flexibility index (Phi) is 4.90. The fourth-order valence-corrected chi connectivity index (χ4v) is 7.00. The van der Waals surface area contributed by atoms with Crippen LogP contribution >= 0.6 is 7.26 Å². The van der Waals surface area contributed by atoms with Crippen LogP contribution in [0.2, 0.25) is 0 Å². The van der Waals surface area contributed by atoms with E-state index in [-0.39, 0.29) is 0 Å². The first-order chi connectivity index (χ1) is 11.4. The highest BCUT2D eigenvalue weighted by molar-refractivity contribution is 7.95. The average Bonchev–Trinajstić information content (AvgIpc) is 2.65. The Morgan fingerprint density at radius 3 is 1.26 bits per heavy atom. The van der Waals surface area contributed by atoms with Gasteiger partial charge in [0.2, 0.25) is 0 Å². The van der Waals surface area contributed by atoms with E-state index >= 15 is 0 Å². The van der Waals surface area contributed by atoms with Crippen LogP contribution in [0.25, 0.3) is 0 Å². The molecule has 3 aromatic carbocycles. The smallest absolute Gasteiger partial charge is 0.116 e. The maximum Gasteiger partial charge on any atom is 0.116 e. The summed E-state index contributed by atoms with van der Waals surface area (Å²) in [6.45, 7) is 0. The van der Waals surface area contributed by atoms with Crippen LogP contribution in [0.3, 0.4) is 0 Å². The summed E-state index contributed by atoms with van der Waals surface area (Å²) in [7, 11) is -1.82. The molecule has 0 spiro atoms. The largest absolute Gasteiger partial charge is 0.516 e. The zero-order chi connectivity index (χ0) is 16.0. The number of hydrogen-bond acceptors (Lipinski definition) is 1. The summed E-state index contributed by atoms with van der Waals surface area (Å²) in [4.78, 5) is 0. The van der Waals surface area contributed by atoms with Crippen LogP contribution in [0.4, 0.5) is 0 Å². The normalized spacial score (nSPS) is 11.7. The molecule has 3 aromatic rings. The summed E-state index contributed by atoms with van der Waals surface area (Å²) >= 11 is 0. The van der Waals surface area contributed by atoms with Gasteiger partial charge in [-0.1, -0.05) is 54.6 Å². The van der Waals surface area contributed by atoms with Crippen molar-refractivity contribution in [3.63, 3.8) is 0 Å². The third-order valence-corrected chi connectivity index (χ3v) is 8.37. The Labute approximate surface area is 138 Å². The van der Waals surface area contributed by atoms with Crippen molar-refractivity contribution in [2.24, 2.45) is 0 Å². The molecular formula is C21H20OP+. The van der Waals surface area contributed by atoms with Crippen LogP contribution in [-0.4, -0.2) is 11.3 Å². The van der Waals surface area contributed by atoms with Gasteiger partial charge in [-0.25, -0.2) is 0 Å². The van der Waals surface area contributed by atoms with Gasteiger partial charge in [0.15, 0.2) is 0 Å². The van der Waals surface area contributed by atoms with E-state index in [1.807, 2.05) is 6.08 Å². The molecule has 0 fully saturated rings. The molecule has 0 aliphatic carbocycles. The quantitative estimate of drug-likeness (QED) is 0.555. The number of benzene rings is 3. The molecule has 0 atom stereocenters. The van der Waals surface area contributed by atoms with Crippen LogP contribution in [-0.2, 0) is 0 Å². The molecule has 23 heavy (non-hydrogen) atoms. The molecule has 1 nitrogen and oxygen atoms in total. The molecule has 0 aliphatic rings. The molecule has 2 heteroatoms. The van der Waals surface area contributed by atoms with Gasteiger partial charge in [-0.3, -0.25) is 0 Å². The van der Waals surface area contributed by atoms with Crippen molar-refractivity contribution in [2.45, 2.75) is 0 Å². The zero-order valence-corrected chi connectivity index (χ0v) is 13.8. The van der Waals surface area contributed by atoms with Gasteiger partial charge in [0, 0.05) is 0 Å². The first-order valence-electron chi connectivity index (χ1n) is 7.72. The standard InChI is InChI=1S/C21H19OP/c22-17-10-18-23(19-11-4-1-5-12-19,20-13-6-2-7-14-20)21-15-8-3-9-16-21/h1-17H,18H2/p+1/b17-10+. The van der Waals surface area contributed by atoms with Gasteiger partial charge >= 0.3 is 0 Å². The first-order valence-corrected chi connectivity index (χ1v) is 9.69. The Morgan fingerprint density at radius 2 is 0.957 bits per heavy atom. The van der Waals surface area contributed by atoms with E-state index in [9.17, 15) is 5.11 Å². The van der Waals surface area contributed by atoms with Crippen LogP contribution in [0.1, 0.15) is 0 Å². The van der Waals surface area contributed by atoms with Crippen molar-refractivity contribution in [1.82, 2.24) is 0 Å². The molecule has 0 amide bonds. The maximum atomic E-state index is 9.31. The lowest BCUT2D eigenvalue weighted by molar-refractivity contribution is 0.473. The van der Waals surface area contributed by atoms with E-state index in [1.54, 1.807) is 0 Å². The molecule has 0 heterocycles. The first kappa shape index (κ1) is 15.5. The molecule has 0 aromatic heterocycles. The number of aliphatic hydroxyl groups excluding tert-OH is 1. The minimum absolute atomic E-state index is 0.807. The second-order valence-electron chi connectivity index (χ2n) is 5.38. The third-order valence-electron chi connectivity index (χ3n) is 4.08. The monoisotopic (exact) mass is 319 g/mol. The van der Waals surface area contributed by atoms with Gasteiger partial charge in [0.25, 0.3) is 0 Å². The van der Waals surface area contributed by atoms with E-state index in [2.05, 4.69) is 91.0 Å². The Hall–Kier alpha value is -2.37. The summed E-state index contributed by atoms with van der Waals surface area (Å²) in [5, 5.41) is 13.3. The van der Waals surface area contributed by atoms with Gasteiger partial charge in [-0.05, 0) is 42.5 Å². The number of allylic oxidation sites excluding steroid dienone is 1. The van der Waals surface area contributed by atoms with Crippen molar-refractivity contribution in [1.29, 1.82) is 0 Å². The molecule has 0 aliphatic heterocycles. The predicted molar refractivity (Wildman–Crippen MR) is 102 cm³/mol. The Balaban J connectivity index is 2.30. The van der Waals surface area contributed by atoms with Crippen LogP contribution < -0.4 is 15.9 Å². The molecule has 0 bridgehead atoms. The molecule has 0 radical (unpaired) electrons. The van der Waals surface area contributed by atoms with Crippen LogP contribution in [0.5, 0.6) is 0 Å². The van der Waals surface area contributed by atoms with Crippen LogP contribution in [0.15, 0.2) is 103 Å². The molecular weight excluding hydrogens is 299 g/mol. The average molecular weight is 319 g/mol. The van der Waals surface area contributed by atoms with Gasteiger partial charge in [-0.2, -0.15) is 0 Å². The van der Waals surface area contributed by atoms with Crippen molar-refractivity contribution >= 4 is 23.2 Å². The van der Waals surface area contributed by atoms with Crippen molar-refractivity contribution in [3.05, 3.63) is 103 Å². The SMILES string of the molecule is O/C=C/C[P+](c1ccccc1)(c1ccccc1)c1ccccc1. The summed E-state index contributed by atoms with van der Waals surface area (Å²) in [6.07, 6.45) is 3.85. The second kappa shape index (κ2) is 7.26. The summed E-state index contributed by atoms with van der Waals surface area (Å²) in [6, 6.07) is 32.0. The van der Waals surface area contributed by atoms with E-state index in [0.29, 0.717) is 0 Å². The zero-order valence-electron chi connectivity index (χ0n) is 12.9. The van der Waals surface area contributed by atoms with Crippen LogP contribution in [0, 0.1) is 0 Å². The highest BCUT2D eigenvalue weighted by Crippen LogP contribution is 2.55. The summed E-state index contributed by atoms with van der Waals surface area (Å²) < 4.78 is 0. The van der Waals surface area contributed by atoms with Crippen molar-refractivity contribution in [2.75, 3.05) is 6.16 Å². The number of rotatable bonds is 5. The fraction of sp³-hybridized carbons (Fsp3) is 0.0476. The lowest BCUT2D eigenvalue weighted by Gasteiger charge is -2.26. The Morgan fingerprint density at radius 1 is 0.609 bits per heavy atom. The molecule has 0 unspecified atom stereocenters. The lowest BCUT2D eigenvalue weighted by atomic mass is 10.4. The fourth-order valence-electron chi connectivity index (χ4n) is 3.02.